The fourth-order valence-electron chi connectivity index (χ4n) is 1.79. The van der Waals surface area contributed by atoms with Gasteiger partial charge in [0.2, 0.25) is 0 Å². The molecule has 0 spiro atoms. The van der Waals surface area contributed by atoms with E-state index in [4.69, 9.17) is 0 Å². The van der Waals surface area contributed by atoms with Crippen molar-refractivity contribution in [3.63, 3.8) is 0 Å². The van der Waals surface area contributed by atoms with Gasteiger partial charge in [0.05, 0.1) is 5.57 Å². The number of rotatable bonds is 1. The smallest absolute Gasteiger partial charge is 0.0667 e. The first-order chi connectivity index (χ1) is 8.92. The van der Waals surface area contributed by atoms with Gasteiger partial charge in [-0.25, -0.2) is 0 Å². The molecule has 0 N–H and O–H groups in total. The normalized spacial score (nSPS) is 14.4. The van der Waals surface area contributed by atoms with Gasteiger partial charge in [-0.2, -0.15) is 0 Å². The number of hydrogen-bond acceptors (Lipinski definition) is 0. The van der Waals surface area contributed by atoms with E-state index in [1.807, 2.05) is 42.5 Å². The molecule has 82 valence electrons. The molecule has 0 heterocycles. The summed E-state index contributed by atoms with van der Waals surface area (Å²) in [6.45, 7) is 0. The van der Waals surface area contributed by atoms with E-state index in [1.54, 1.807) is 0 Å². The molecular weight excluding hydrogens is 216 g/mol. The van der Waals surface area contributed by atoms with E-state index in [0.29, 0.717) is 0 Å². The lowest BCUT2D eigenvalue weighted by molar-refractivity contribution is 1.59. The minimum absolute atomic E-state index is 0.934. The quantitative estimate of drug-likeness (QED) is 0.504. The maximum Gasteiger partial charge on any atom is 0.0667 e. The van der Waals surface area contributed by atoms with Crippen LogP contribution in [0.1, 0.15) is 11.1 Å². The molecule has 2 aliphatic carbocycles. The lowest BCUT2D eigenvalue weighted by Crippen LogP contribution is -1.80. The summed E-state index contributed by atoms with van der Waals surface area (Å²) in [7, 11) is 0. The predicted molar refractivity (Wildman–Crippen MR) is 74.7 cm³/mol. The average molecular weight is 226 g/mol. The van der Waals surface area contributed by atoms with Crippen molar-refractivity contribution in [2.75, 3.05) is 0 Å². The summed E-state index contributed by atoms with van der Waals surface area (Å²) < 4.78 is 0. The molecule has 0 heteroatoms. The van der Waals surface area contributed by atoms with E-state index in [0.717, 1.165) is 16.7 Å². The number of benzene rings is 1. The molecule has 0 saturated carbocycles. The van der Waals surface area contributed by atoms with Gasteiger partial charge in [-0.1, -0.05) is 36.1 Å². The van der Waals surface area contributed by atoms with Gasteiger partial charge in [-0.05, 0) is 42.0 Å². The van der Waals surface area contributed by atoms with Gasteiger partial charge in [0, 0.05) is 11.1 Å². The van der Waals surface area contributed by atoms with Crippen molar-refractivity contribution in [3.05, 3.63) is 88.9 Å². The summed E-state index contributed by atoms with van der Waals surface area (Å²) in [5.41, 5.74) is 10.5. The maximum atomic E-state index is 3.19. The highest BCUT2D eigenvalue weighted by Gasteiger charge is 1.98. The molecule has 0 atom stereocenters. The Kier molecular flexibility index (Phi) is 2.71. The summed E-state index contributed by atoms with van der Waals surface area (Å²) in [6.07, 6.45) is 11.7. The summed E-state index contributed by atoms with van der Waals surface area (Å²) in [5.74, 6) is 6.21. The Morgan fingerprint density at radius 1 is 0.778 bits per heavy atom. The first-order valence-corrected chi connectivity index (χ1v) is 5.81. The van der Waals surface area contributed by atoms with Crippen molar-refractivity contribution in [2.24, 2.45) is 0 Å². The Balaban J connectivity index is 1.83. The minimum atomic E-state index is 0.934. The van der Waals surface area contributed by atoms with Gasteiger partial charge in [-0.3, -0.25) is 0 Å². The van der Waals surface area contributed by atoms with Crippen LogP contribution in [0.3, 0.4) is 0 Å². The molecule has 0 aromatic heterocycles. The second-order valence-corrected chi connectivity index (χ2v) is 3.99. The van der Waals surface area contributed by atoms with Gasteiger partial charge < -0.3 is 0 Å². The van der Waals surface area contributed by atoms with E-state index in [9.17, 15) is 0 Å². The van der Waals surface area contributed by atoms with E-state index >= 15 is 0 Å². The predicted octanol–water partition coefficient (Wildman–Crippen LogP) is 3.80. The van der Waals surface area contributed by atoms with Crippen molar-refractivity contribution in [2.45, 2.75) is 0 Å². The van der Waals surface area contributed by atoms with Crippen LogP contribution in [0.25, 0.3) is 5.57 Å². The highest BCUT2D eigenvalue weighted by atomic mass is 14.0. The van der Waals surface area contributed by atoms with Crippen LogP contribution in [-0.2, 0) is 0 Å². The van der Waals surface area contributed by atoms with Crippen LogP contribution in [0, 0.1) is 11.8 Å². The molecule has 18 heavy (non-hydrogen) atoms. The summed E-state index contributed by atoms with van der Waals surface area (Å²) >= 11 is 0. The zero-order valence-electron chi connectivity index (χ0n) is 9.77. The molecule has 1 aromatic rings. The third-order valence-electron chi connectivity index (χ3n) is 2.73. The van der Waals surface area contributed by atoms with Crippen molar-refractivity contribution in [1.82, 2.24) is 0 Å². The zero-order valence-corrected chi connectivity index (χ0v) is 9.77. The van der Waals surface area contributed by atoms with Crippen LogP contribution in [0.5, 0.6) is 0 Å². The SMILES string of the molecule is C1=CC=CC=1C#Cc1ccc(C2=C=CC=C2)cc1. The van der Waals surface area contributed by atoms with Crippen molar-refractivity contribution >= 4 is 5.57 Å². The van der Waals surface area contributed by atoms with Crippen molar-refractivity contribution in [1.29, 1.82) is 0 Å². The zero-order chi connectivity index (χ0) is 12.2. The maximum absolute atomic E-state index is 3.19. The standard InChI is InChI=1S/C18H10/c1-2-6-15(5-1)9-10-16-11-13-18(14-12-16)17-7-3-4-8-17/h1-5,7,11-14H. The van der Waals surface area contributed by atoms with Gasteiger partial charge in [0.25, 0.3) is 0 Å². The number of hydrogen-bond donors (Lipinski definition) is 0. The van der Waals surface area contributed by atoms with Gasteiger partial charge >= 0.3 is 0 Å². The molecule has 0 unspecified atom stereocenters. The van der Waals surface area contributed by atoms with Crippen molar-refractivity contribution in [3.8, 4) is 11.8 Å². The lowest BCUT2D eigenvalue weighted by Gasteiger charge is -1.98. The third-order valence-corrected chi connectivity index (χ3v) is 2.73. The highest BCUT2D eigenvalue weighted by Crippen LogP contribution is 2.18. The number of allylic oxidation sites excluding steroid dienone is 6. The van der Waals surface area contributed by atoms with E-state index in [2.05, 4.69) is 41.5 Å². The molecule has 0 bridgehead atoms. The van der Waals surface area contributed by atoms with Gasteiger partial charge in [0.1, 0.15) is 0 Å². The molecule has 0 radical (unpaired) electrons. The second kappa shape index (κ2) is 4.66. The van der Waals surface area contributed by atoms with Gasteiger partial charge in [0.15, 0.2) is 0 Å². The lowest BCUT2D eigenvalue weighted by atomic mass is 10.1. The molecule has 3 rings (SSSR count). The molecule has 0 saturated heterocycles. The first kappa shape index (κ1) is 10.5. The van der Waals surface area contributed by atoms with Crippen molar-refractivity contribution < 1.29 is 0 Å². The Morgan fingerprint density at radius 2 is 1.56 bits per heavy atom. The van der Waals surface area contributed by atoms with Crippen LogP contribution in [-0.4, -0.2) is 0 Å². The summed E-state index contributed by atoms with van der Waals surface area (Å²) in [4.78, 5) is 0. The molecular formula is C18H10. The third kappa shape index (κ3) is 2.19. The monoisotopic (exact) mass is 226 g/mol. The molecule has 0 fully saturated rings. The van der Waals surface area contributed by atoms with Crippen LogP contribution >= 0.6 is 0 Å². The Bertz CT molecular complexity index is 725. The van der Waals surface area contributed by atoms with Gasteiger partial charge in [-0.15, -0.1) is 11.5 Å². The largest absolute Gasteiger partial charge is 0.112 e. The minimum Gasteiger partial charge on any atom is -0.112 e. The Morgan fingerprint density at radius 3 is 2.22 bits per heavy atom. The molecule has 0 aliphatic heterocycles. The fraction of sp³-hybridized carbons (Fsp3) is 0. The second-order valence-electron chi connectivity index (χ2n) is 3.99. The Labute approximate surface area is 107 Å². The van der Waals surface area contributed by atoms with Crippen LogP contribution < -0.4 is 0 Å². The first-order valence-electron chi connectivity index (χ1n) is 5.81. The molecule has 0 amide bonds. The molecule has 1 aromatic carbocycles. The Hall–Kier alpha value is -2.70. The van der Waals surface area contributed by atoms with Crippen LogP contribution in [0.2, 0.25) is 0 Å². The summed E-state index contributed by atoms with van der Waals surface area (Å²) in [6, 6.07) is 8.22. The van der Waals surface area contributed by atoms with Crippen LogP contribution in [0.15, 0.2) is 77.8 Å². The molecule has 0 nitrogen and oxygen atoms in total. The summed E-state index contributed by atoms with van der Waals surface area (Å²) in [5, 5.41) is 0. The highest BCUT2D eigenvalue weighted by molar-refractivity contribution is 5.76. The van der Waals surface area contributed by atoms with E-state index in [1.165, 1.54) is 5.56 Å². The van der Waals surface area contributed by atoms with Crippen LogP contribution in [0.4, 0.5) is 0 Å². The van der Waals surface area contributed by atoms with E-state index in [-0.39, 0.29) is 0 Å². The fourth-order valence-corrected chi connectivity index (χ4v) is 1.79. The molecule has 2 aliphatic rings. The van der Waals surface area contributed by atoms with E-state index < -0.39 is 0 Å². The average Bonchev–Trinajstić information content (AvgIpc) is 3.10. The topological polar surface area (TPSA) is 0 Å².